The molecule has 1 amide bonds. The number of hydrogen-bond acceptors (Lipinski definition) is 5. The van der Waals surface area contributed by atoms with Crippen molar-refractivity contribution in [2.24, 2.45) is 5.10 Å². The van der Waals surface area contributed by atoms with E-state index in [0.29, 0.717) is 22.8 Å². The number of nitrogens with one attached hydrogen (secondary N) is 1. The van der Waals surface area contributed by atoms with E-state index in [0.717, 1.165) is 16.8 Å². The SMILES string of the molecule is COc1cccc(C(=O)NN=Cc2cn(-c3ccccc3)nc2-c2ccccc2OC)c1. The lowest BCUT2D eigenvalue weighted by atomic mass is 10.1. The van der Waals surface area contributed by atoms with Crippen molar-refractivity contribution in [2.45, 2.75) is 0 Å². The summed E-state index contributed by atoms with van der Waals surface area (Å²) in [5.41, 5.74) is 6.15. The summed E-state index contributed by atoms with van der Waals surface area (Å²) in [5, 5.41) is 8.92. The summed E-state index contributed by atoms with van der Waals surface area (Å²) >= 11 is 0. The first-order valence-electron chi connectivity index (χ1n) is 9.95. The number of ether oxygens (including phenoxy) is 2. The Morgan fingerprint density at radius 2 is 1.75 bits per heavy atom. The monoisotopic (exact) mass is 426 g/mol. The summed E-state index contributed by atoms with van der Waals surface area (Å²) in [5.74, 6) is 0.958. The van der Waals surface area contributed by atoms with Crippen molar-refractivity contribution in [1.82, 2.24) is 15.2 Å². The van der Waals surface area contributed by atoms with Crippen molar-refractivity contribution in [3.63, 3.8) is 0 Å². The summed E-state index contributed by atoms with van der Waals surface area (Å²) in [6.45, 7) is 0. The normalized spacial score (nSPS) is 10.8. The van der Waals surface area contributed by atoms with E-state index < -0.39 is 0 Å². The quantitative estimate of drug-likeness (QED) is 0.353. The minimum atomic E-state index is -0.338. The van der Waals surface area contributed by atoms with Crippen LogP contribution in [0.25, 0.3) is 16.9 Å². The maximum absolute atomic E-state index is 12.5. The third kappa shape index (κ3) is 4.52. The van der Waals surface area contributed by atoms with Gasteiger partial charge in [-0.2, -0.15) is 10.2 Å². The van der Waals surface area contributed by atoms with Crippen LogP contribution in [-0.2, 0) is 0 Å². The number of hydrazone groups is 1. The number of nitrogens with zero attached hydrogens (tertiary/aromatic N) is 3. The smallest absolute Gasteiger partial charge is 0.271 e. The minimum Gasteiger partial charge on any atom is -0.497 e. The molecule has 0 bridgehead atoms. The number of para-hydroxylation sites is 2. The highest BCUT2D eigenvalue weighted by atomic mass is 16.5. The first-order valence-corrected chi connectivity index (χ1v) is 9.95. The first-order chi connectivity index (χ1) is 15.7. The zero-order valence-electron chi connectivity index (χ0n) is 17.7. The zero-order chi connectivity index (χ0) is 22.3. The van der Waals surface area contributed by atoms with Gasteiger partial charge in [-0.1, -0.05) is 36.4 Å². The van der Waals surface area contributed by atoms with E-state index in [2.05, 4.69) is 10.5 Å². The molecule has 3 aromatic carbocycles. The summed E-state index contributed by atoms with van der Waals surface area (Å²) in [6.07, 6.45) is 3.44. The molecule has 0 unspecified atom stereocenters. The third-order valence-electron chi connectivity index (χ3n) is 4.83. The van der Waals surface area contributed by atoms with Crippen LogP contribution in [0.3, 0.4) is 0 Å². The van der Waals surface area contributed by atoms with Gasteiger partial charge in [0, 0.05) is 22.9 Å². The van der Waals surface area contributed by atoms with Gasteiger partial charge in [-0.25, -0.2) is 10.1 Å². The second-order valence-corrected chi connectivity index (χ2v) is 6.84. The van der Waals surface area contributed by atoms with Crippen molar-refractivity contribution >= 4 is 12.1 Å². The number of carbonyl (C=O) groups is 1. The Kier molecular flexibility index (Phi) is 6.27. The van der Waals surface area contributed by atoms with Crippen LogP contribution in [0, 0.1) is 0 Å². The van der Waals surface area contributed by atoms with E-state index in [1.54, 1.807) is 49.4 Å². The number of amides is 1. The summed E-state index contributed by atoms with van der Waals surface area (Å²) in [4.78, 5) is 12.5. The fraction of sp³-hybridized carbons (Fsp3) is 0.0800. The summed E-state index contributed by atoms with van der Waals surface area (Å²) in [7, 11) is 3.17. The van der Waals surface area contributed by atoms with Gasteiger partial charge in [-0.05, 0) is 42.5 Å². The van der Waals surface area contributed by atoms with Crippen LogP contribution < -0.4 is 14.9 Å². The molecule has 1 aromatic heterocycles. The highest BCUT2D eigenvalue weighted by molar-refractivity contribution is 5.96. The Balaban J connectivity index is 1.66. The molecule has 160 valence electrons. The molecule has 0 fully saturated rings. The van der Waals surface area contributed by atoms with Crippen LogP contribution in [-0.4, -0.2) is 36.1 Å². The topological polar surface area (TPSA) is 77.7 Å². The number of carbonyl (C=O) groups excluding carboxylic acids is 1. The van der Waals surface area contributed by atoms with Crippen LogP contribution in [0.15, 0.2) is 90.2 Å². The van der Waals surface area contributed by atoms with E-state index >= 15 is 0 Å². The van der Waals surface area contributed by atoms with Gasteiger partial charge in [0.2, 0.25) is 0 Å². The predicted octanol–water partition coefficient (Wildman–Crippen LogP) is 4.32. The fourth-order valence-electron chi connectivity index (χ4n) is 3.23. The number of methoxy groups -OCH3 is 2. The van der Waals surface area contributed by atoms with E-state index in [4.69, 9.17) is 14.6 Å². The number of rotatable bonds is 7. The van der Waals surface area contributed by atoms with Crippen molar-refractivity contribution in [2.75, 3.05) is 14.2 Å². The van der Waals surface area contributed by atoms with Crippen LogP contribution in [0.4, 0.5) is 0 Å². The molecule has 0 aliphatic heterocycles. The molecule has 7 heteroatoms. The van der Waals surface area contributed by atoms with E-state index in [1.807, 2.05) is 60.8 Å². The van der Waals surface area contributed by atoms with E-state index in [1.165, 1.54) is 0 Å². The Hall–Kier alpha value is -4.39. The lowest BCUT2D eigenvalue weighted by Crippen LogP contribution is -2.17. The van der Waals surface area contributed by atoms with Crippen molar-refractivity contribution in [3.05, 3.63) is 96.2 Å². The average molecular weight is 426 g/mol. The van der Waals surface area contributed by atoms with Gasteiger partial charge in [-0.15, -0.1) is 0 Å². The van der Waals surface area contributed by atoms with Crippen molar-refractivity contribution in [3.8, 4) is 28.4 Å². The second kappa shape index (κ2) is 9.61. The molecule has 0 radical (unpaired) electrons. The Labute approximate surface area is 185 Å². The highest BCUT2D eigenvalue weighted by Gasteiger charge is 2.15. The molecule has 0 spiro atoms. The Bertz CT molecular complexity index is 1250. The lowest BCUT2D eigenvalue weighted by Gasteiger charge is -2.06. The highest BCUT2D eigenvalue weighted by Crippen LogP contribution is 2.31. The van der Waals surface area contributed by atoms with Crippen LogP contribution in [0.5, 0.6) is 11.5 Å². The third-order valence-corrected chi connectivity index (χ3v) is 4.83. The molecule has 4 aromatic rings. The molecule has 4 rings (SSSR count). The molecule has 0 saturated carbocycles. The van der Waals surface area contributed by atoms with Gasteiger partial charge < -0.3 is 9.47 Å². The van der Waals surface area contributed by atoms with E-state index in [9.17, 15) is 4.79 Å². The number of hydrogen-bond donors (Lipinski definition) is 1. The predicted molar refractivity (Wildman–Crippen MR) is 124 cm³/mol. The molecule has 0 aliphatic rings. The number of benzene rings is 3. The van der Waals surface area contributed by atoms with Gasteiger partial charge >= 0.3 is 0 Å². The van der Waals surface area contributed by atoms with Gasteiger partial charge in [0.1, 0.15) is 17.2 Å². The van der Waals surface area contributed by atoms with Crippen molar-refractivity contribution < 1.29 is 14.3 Å². The zero-order valence-corrected chi connectivity index (χ0v) is 17.7. The Morgan fingerprint density at radius 3 is 2.53 bits per heavy atom. The Morgan fingerprint density at radius 1 is 0.969 bits per heavy atom. The van der Waals surface area contributed by atoms with Gasteiger partial charge in [-0.3, -0.25) is 4.79 Å². The van der Waals surface area contributed by atoms with Gasteiger partial charge in [0.05, 0.1) is 26.1 Å². The standard InChI is InChI=1S/C25H22N4O3/c1-31-21-12-8-9-18(15-21)25(30)27-26-16-19-17-29(20-10-4-3-5-11-20)28-24(19)22-13-6-7-14-23(22)32-2/h3-17H,1-2H3,(H,27,30). The van der Waals surface area contributed by atoms with Crippen LogP contribution in [0.2, 0.25) is 0 Å². The maximum Gasteiger partial charge on any atom is 0.271 e. The summed E-state index contributed by atoms with van der Waals surface area (Å²) < 4.78 is 12.5. The average Bonchev–Trinajstić information content (AvgIpc) is 3.28. The molecule has 0 aliphatic carbocycles. The molecule has 32 heavy (non-hydrogen) atoms. The summed E-state index contributed by atoms with van der Waals surface area (Å²) in [6, 6.07) is 24.3. The molecular weight excluding hydrogens is 404 g/mol. The van der Waals surface area contributed by atoms with Crippen LogP contribution in [0.1, 0.15) is 15.9 Å². The van der Waals surface area contributed by atoms with E-state index in [-0.39, 0.29) is 5.91 Å². The minimum absolute atomic E-state index is 0.338. The van der Waals surface area contributed by atoms with Crippen LogP contribution >= 0.6 is 0 Å². The molecule has 7 nitrogen and oxygen atoms in total. The largest absolute Gasteiger partial charge is 0.497 e. The van der Waals surface area contributed by atoms with Crippen molar-refractivity contribution in [1.29, 1.82) is 0 Å². The lowest BCUT2D eigenvalue weighted by molar-refractivity contribution is 0.0955. The fourth-order valence-corrected chi connectivity index (χ4v) is 3.23. The number of aromatic nitrogens is 2. The molecule has 0 atom stereocenters. The first kappa shape index (κ1) is 20.9. The molecule has 1 N–H and O–H groups in total. The van der Waals surface area contributed by atoms with Gasteiger partial charge in [0.25, 0.3) is 5.91 Å². The molecular formula is C25H22N4O3. The molecule has 0 saturated heterocycles. The van der Waals surface area contributed by atoms with Gasteiger partial charge in [0.15, 0.2) is 0 Å². The maximum atomic E-state index is 12.5. The molecule has 1 heterocycles. The second-order valence-electron chi connectivity index (χ2n) is 6.84.